The summed E-state index contributed by atoms with van der Waals surface area (Å²) in [6.07, 6.45) is -3.64. The fraction of sp³-hybridized carbons (Fsp3) is 0.545. The maximum Gasteiger partial charge on any atom is 0.453 e. The Morgan fingerprint density at radius 3 is 2.90 bits per heavy atom. The van der Waals surface area contributed by atoms with Gasteiger partial charge in [0.25, 0.3) is 5.82 Å². The van der Waals surface area contributed by atoms with Crippen molar-refractivity contribution < 1.29 is 17.9 Å². The summed E-state index contributed by atoms with van der Waals surface area (Å²) in [5, 5.41) is 13.5. The second-order valence-electron chi connectivity index (χ2n) is 4.62. The molecule has 2 aromatic rings. The van der Waals surface area contributed by atoms with Gasteiger partial charge in [0.2, 0.25) is 0 Å². The van der Waals surface area contributed by atoms with Gasteiger partial charge >= 0.3 is 6.18 Å². The smallest absolute Gasteiger partial charge is 0.381 e. The van der Waals surface area contributed by atoms with Crippen molar-refractivity contribution in [3.8, 4) is 0 Å². The minimum absolute atomic E-state index is 0.0621. The molecule has 1 aliphatic rings. The van der Waals surface area contributed by atoms with Gasteiger partial charge in [0.1, 0.15) is 5.82 Å². The molecule has 1 atom stereocenters. The van der Waals surface area contributed by atoms with E-state index in [0.29, 0.717) is 29.4 Å². The summed E-state index contributed by atoms with van der Waals surface area (Å²) in [5.74, 6) is -0.412. The Hall–Kier alpha value is -1.90. The van der Waals surface area contributed by atoms with Gasteiger partial charge < -0.3 is 10.1 Å². The molecule has 20 heavy (non-hydrogen) atoms. The van der Waals surface area contributed by atoms with Crippen LogP contribution in [0.2, 0.25) is 0 Å². The number of ether oxygens (including phenoxy) is 1. The SMILES string of the molecule is FC(F)(F)c1nnc2ccc(NC[C@H]3CCOC3)nn12. The van der Waals surface area contributed by atoms with Crippen molar-refractivity contribution in [2.24, 2.45) is 5.92 Å². The molecule has 0 aromatic carbocycles. The molecular formula is C11H12F3N5O. The van der Waals surface area contributed by atoms with E-state index in [1.807, 2.05) is 0 Å². The zero-order chi connectivity index (χ0) is 14.2. The molecule has 0 aliphatic carbocycles. The Kier molecular flexibility index (Phi) is 3.20. The first-order valence-electron chi connectivity index (χ1n) is 6.15. The number of hydrogen-bond donors (Lipinski definition) is 1. The van der Waals surface area contributed by atoms with Crippen LogP contribution in [-0.2, 0) is 10.9 Å². The number of nitrogens with zero attached hydrogens (tertiary/aromatic N) is 4. The molecule has 1 N–H and O–H groups in total. The van der Waals surface area contributed by atoms with E-state index in [4.69, 9.17) is 4.74 Å². The molecule has 0 amide bonds. The molecule has 2 aromatic heterocycles. The first-order valence-corrected chi connectivity index (χ1v) is 6.15. The number of rotatable bonds is 3. The zero-order valence-corrected chi connectivity index (χ0v) is 10.4. The summed E-state index contributed by atoms with van der Waals surface area (Å²) in [6.45, 7) is 2.00. The van der Waals surface area contributed by atoms with Crippen LogP contribution in [0.3, 0.4) is 0 Å². The molecule has 0 saturated carbocycles. The maximum atomic E-state index is 12.7. The van der Waals surface area contributed by atoms with Gasteiger partial charge in [-0.3, -0.25) is 0 Å². The van der Waals surface area contributed by atoms with Gasteiger partial charge in [0, 0.05) is 19.1 Å². The molecule has 6 nitrogen and oxygen atoms in total. The summed E-state index contributed by atoms with van der Waals surface area (Å²) in [4.78, 5) is 0. The number of aromatic nitrogens is 4. The first kappa shape index (κ1) is 13.1. The second kappa shape index (κ2) is 4.89. The van der Waals surface area contributed by atoms with Crippen LogP contribution >= 0.6 is 0 Å². The van der Waals surface area contributed by atoms with Crippen LogP contribution < -0.4 is 5.32 Å². The number of halogens is 3. The molecule has 0 radical (unpaired) electrons. The normalized spacial score (nSPS) is 19.6. The summed E-state index contributed by atoms with van der Waals surface area (Å²) in [5.41, 5.74) is 0.0621. The molecule has 108 valence electrons. The lowest BCUT2D eigenvalue weighted by atomic mass is 10.1. The lowest BCUT2D eigenvalue weighted by Crippen LogP contribution is -2.17. The second-order valence-corrected chi connectivity index (χ2v) is 4.62. The third-order valence-electron chi connectivity index (χ3n) is 3.11. The van der Waals surface area contributed by atoms with Gasteiger partial charge in [-0.25, -0.2) is 0 Å². The van der Waals surface area contributed by atoms with Crippen molar-refractivity contribution in [2.75, 3.05) is 25.1 Å². The van der Waals surface area contributed by atoms with E-state index in [0.717, 1.165) is 13.0 Å². The maximum absolute atomic E-state index is 12.7. The van der Waals surface area contributed by atoms with Crippen LogP contribution in [0.15, 0.2) is 12.1 Å². The fourth-order valence-electron chi connectivity index (χ4n) is 2.05. The lowest BCUT2D eigenvalue weighted by molar-refractivity contribution is -0.146. The lowest BCUT2D eigenvalue weighted by Gasteiger charge is -2.10. The van der Waals surface area contributed by atoms with Crippen molar-refractivity contribution in [1.82, 2.24) is 19.8 Å². The molecule has 0 spiro atoms. The Labute approximate surface area is 111 Å². The summed E-state index contributed by atoms with van der Waals surface area (Å²) < 4.78 is 44.1. The Balaban J connectivity index is 1.81. The van der Waals surface area contributed by atoms with E-state index in [1.165, 1.54) is 6.07 Å². The standard InChI is InChI=1S/C11H12F3N5O/c12-11(13,14)10-17-16-9-2-1-8(18-19(9)10)15-5-7-3-4-20-6-7/h1-2,7H,3-6H2,(H,15,18)/t7-/m1/s1. The highest BCUT2D eigenvalue weighted by atomic mass is 19.4. The molecule has 0 unspecified atom stereocenters. The topological polar surface area (TPSA) is 64.3 Å². The third-order valence-corrected chi connectivity index (χ3v) is 3.11. The van der Waals surface area contributed by atoms with Crippen LogP contribution in [0.5, 0.6) is 0 Å². The number of alkyl halides is 3. The summed E-state index contributed by atoms with van der Waals surface area (Å²) in [6, 6.07) is 3.03. The zero-order valence-electron chi connectivity index (χ0n) is 10.4. The number of fused-ring (bicyclic) bond motifs is 1. The van der Waals surface area contributed by atoms with Gasteiger partial charge in [-0.2, -0.15) is 17.7 Å². The third kappa shape index (κ3) is 2.53. The van der Waals surface area contributed by atoms with E-state index in [9.17, 15) is 13.2 Å². The summed E-state index contributed by atoms with van der Waals surface area (Å²) in [7, 11) is 0. The molecule has 1 saturated heterocycles. The van der Waals surface area contributed by atoms with Gasteiger partial charge in [0.15, 0.2) is 5.65 Å². The molecule has 1 aliphatic heterocycles. The van der Waals surface area contributed by atoms with Crippen LogP contribution in [0.25, 0.3) is 5.65 Å². The Bertz CT molecular complexity index is 606. The average Bonchev–Trinajstić information content (AvgIpc) is 3.04. The summed E-state index contributed by atoms with van der Waals surface area (Å²) >= 11 is 0. The van der Waals surface area contributed by atoms with Crippen molar-refractivity contribution in [3.63, 3.8) is 0 Å². The van der Waals surface area contributed by atoms with Crippen LogP contribution in [0, 0.1) is 5.92 Å². The monoisotopic (exact) mass is 287 g/mol. The van der Waals surface area contributed by atoms with Crippen LogP contribution in [-0.4, -0.2) is 39.6 Å². The molecule has 3 rings (SSSR count). The van der Waals surface area contributed by atoms with Gasteiger partial charge in [-0.1, -0.05) is 0 Å². The number of anilines is 1. The largest absolute Gasteiger partial charge is 0.453 e. The van der Waals surface area contributed by atoms with Gasteiger partial charge in [0.05, 0.1) is 6.61 Å². The molecule has 0 bridgehead atoms. The van der Waals surface area contributed by atoms with E-state index >= 15 is 0 Å². The van der Waals surface area contributed by atoms with E-state index in [1.54, 1.807) is 6.07 Å². The van der Waals surface area contributed by atoms with Gasteiger partial charge in [-0.15, -0.1) is 15.3 Å². The molecule has 3 heterocycles. The minimum atomic E-state index is -4.58. The van der Waals surface area contributed by atoms with Crippen molar-refractivity contribution in [2.45, 2.75) is 12.6 Å². The molecule has 9 heteroatoms. The predicted molar refractivity (Wildman–Crippen MR) is 63.2 cm³/mol. The minimum Gasteiger partial charge on any atom is -0.381 e. The average molecular weight is 287 g/mol. The highest BCUT2D eigenvalue weighted by molar-refractivity contribution is 5.44. The van der Waals surface area contributed by atoms with Crippen LogP contribution in [0.1, 0.15) is 12.2 Å². The Morgan fingerprint density at radius 1 is 1.35 bits per heavy atom. The highest BCUT2D eigenvalue weighted by Crippen LogP contribution is 2.27. The highest BCUT2D eigenvalue weighted by Gasteiger charge is 2.37. The van der Waals surface area contributed by atoms with Crippen molar-refractivity contribution in [3.05, 3.63) is 18.0 Å². The molecular weight excluding hydrogens is 275 g/mol. The quantitative estimate of drug-likeness (QED) is 0.928. The Morgan fingerprint density at radius 2 is 2.20 bits per heavy atom. The van der Waals surface area contributed by atoms with Crippen molar-refractivity contribution >= 4 is 11.5 Å². The first-order chi connectivity index (χ1) is 9.54. The fourth-order valence-corrected chi connectivity index (χ4v) is 2.05. The van der Waals surface area contributed by atoms with E-state index in [-0.39, 0.29) is 5.65 Å². The van der Waals surface area contributed by atoms with Crippen molar-refractivity contribution in [1.29, 1.82) is 0 Å². The molecule has 1 fully saturated rings. The van der Waals surface area contributed by atoms with Gasteiger partial charge in [-0.05, 0) is 18.6 Å². The number of nitrogens with one attached hydrogen (secondary N) is 1. The predicted octanol–water partition coefficient (Wildman–Crippen LogP) is 1.59. The number of hydrogen-bond acceptors (Lipinski definition) is 5. The van der Waals surface area contributed by atoms with E-state index < -0.39 is 12.0 Å². The van der Waals surface area contributed by atoms with Crippen LogP contribution in [0.4, 0.5) is 19.0 Å². The van der Waals surface area contributed by atoms with E-state index in [2.05, 4.69) is 20.6 Å².